The molecule has 0 bridgehead atoms. The number of hydrogen-bond donors (Lipinski definition) is 2. The zero-order valence-corrected chi connectivity index (χ0v) is 16.1. The summed E-state index contributed by atoms with van der Waals surface area (Å²) >= 11 is 0.998. The van der Waals surface area contributed by atoms with E-state index in [0.29, 0.717) is 41.1 Å². The molecule has 0 aliphatic rings. The van der Waals surface area contributed by atoms with Crippen molar-refractivity contribution in [3.8, 4) is 11.5 Å². The molecule has 8 heteroatoms. The van der Waals surface area contributed by atoms with Crippen LogP contribution in [0.15, 0.2) is 28.3 Å². The number of aromatic amines is 1. The van der Waals surface area contributed by atoms with Crippen LogP contribution in [0, 0.1) is 0 Å². The van der Waals surface area contributed by atoms with Crippen molar-refractivity contribution in [2.24, 2.45) is 0 Å². The van der Waals surface area contributed by atoms with Crippen molar-refractivity contribution < 1.29 is 19.4 Å². The number of aromatic nitrogens is 3. The van der Waals surface area contributed by atoms with Crippen LogP contribution < -0.4 is 9.47 Å². The number of rotatable bonds is 9. The summed E-state index contributed by atoms with van der Waals surface area (Å²) in [5.41, 5.74) is 0.695. The summed E-state index contributed by atoms with van der Waals surface area (Å²) in [4.78, 5) is 15.9. The molecular weight excluding hydrogens is 354 g/mol. The molecule has 2 aromatic rings. The monoisotopic (exact) mass is 377 g/mol. The summed E-state index contributed by atoms with van der Waals surface area (Å²) < 4.78 is 11.3. The van der Waals surface area contributed by atoms with Crippen LogP contribution in [0.1, 0.15) is 39.1 Å². The van der Waals surface area contributed by atoms with Crippen LogP contribution in [-0.4, -0.2) is 39.0 Å². The topological polar surface area (TPSA) is 97.3 Å². The highest BCUT2D eigenvalue weighted by Gasteiger charge is 2.14. The summed E-state index contributed by atoms with van der Waals surface area (Å²) in [6.07, 6.45) is 2.28. The van der Waals surface area contributed by atoms with E-state index in [0.717, 1.165) is 11.8 Å². The Bertz CT molecular complexity index is 786. The molecule has 0 saturated heterocycles. The molecule has 0 aliphatic heterocycles. The molecule has 1 heterocycles. The number of nitrogens with one attached hydrogen (secondary N) is 1. The molecular formula is C18H23N3O4S. The lowest BCUT2D eigenvalue weighted by Crippen LogP contribution is -2.07. The van der Waals surface area contributed by atoms with Gasteiger partial charge in [0.2, 0.25) is 5.16 Å². The number of aliphatic carboxylic acids is 1. The maximum Gasteiger partial charge on any atom is 0.342 e. The van der Waals surface area contributed by atoms with Gasteiger partial charge in [0.15, 0.2) is 11.5 Å². The van der Waals surface area contributed by atoms with Crippen LogP contribution in [0.4, 0.5) is 0 Å². The molecule has 7 nitrogen and oxygen atoms in total. The Morgan fingerprint density at radius 2 is 2.12 bits per heavy atom. The smallest absolute Gasteiger partial charge is 0.342 e. The molecule has 1 aromatic carbocycles. The Hall–Kier alpha value is -2.48. The molecule has 1 aromatic heterocycles. The second-order valence-electron chi connectivity index (χ2n) is 5.64. The highest BCUT2D eigenvalue weighted by atomic mass is 32.2. The van der Waals surface area contributed by atoms with Crippen molar-refractivity contribution in [3.63, 3.8) is 0 Å². The van der Waals surface area contributed by atoms with Gasteiger partial charge in [0.1, 0.15) is 10.7 Å². The molecule has 0 saturated carbocycles. The van der Waals surface area contributed by atoms with Gasteiger partial charge in [-0.05, 0) is 56.3 Å². The summed E-state index contributed by atoms with van der Waals surface area (Å²) in [6.45, 7) is 8.18. The Kier molecular flexibility index (Phi) is 7.08. The predicted octanol–water partition coefficient (Wildman–Crippen LogP) is 3.77. The van der Waals surface area contributed by atoms with E-state index in [-0.39, 0.29) is 11.0 Å². The lowest BCUT2D eigenvalue weighted by molar-refractivity contribution is -0.131. The fourth-order valence-corrected chi connectivity index (χ4v) is 2.83. The van der Waals surface area contributed by atoms with Gasteiger partial charge in [0.25, 0.3) is 0 Å². The van der Waals surface area contributed by atoms with Crippen molar-refractivity contribution >= 4 is 23.8 Å². The van der Waals surface area contributed by atoms with Crippen LogP contribution in [-0.2, 0) is 11.2 Å². The molecule has 0 unspecified atom stereocenters. The van der Waals surface area contributed by atoms with Crippen LogP contribution in [0.3, 0.4) is 0 Å². The number of ether oxygens (including phenoxy) is 2. The van der Waals surface area contributed by atoms with Gasteiger partial charge in [-0.2, -0.15) is 0 Å². The molecule has 26 heavy (non-hydrogen) atoms. The second kappa shape index (κ2) is 9.28. The van der Waals surface area contributed by atoms with Gasteiger partial charge in [-0.15, -0.1) is 5.10 Å². The van der Waals surface area contributed by atoms with E-state index in [1.54, 1.807) is 24.3 Å². The number of hydrogen-bond acceptors (Lipinski definition) is 6. The van der Waals surface area contributed by atoms with E-state index in [2.05, 4.69) is 15.2 Å². The average Bonchev–Trinajstić information content (AvgIpc) is 3.04. The Balaban J connectivity index is 2.30. The van der Waals surface area contributed by atoms with E-state index in [1.165, 1.54) is 0 Å². The van der Waals surface area contributed by atoms with E-state index >= 15 is 0 Å². The lowest BCUT2D eigenvalue weighted by Gasteiger charge is -2.15. The van der Waals surface area contributed by atoms with Crippen LogP contribution in [0.2, 0.25) is 0 Å². The van der Waals surface area contributed by atoms with Crippen molar-refractivity contribution in [2.75, 3.05) is 6.61 Å². The van der Waals surface area contributed by atoms with Gasteiger partial charge < -0.3 is 14.6 Å². The van der Waals surface area contributed by atoms with Gasteiger partial charge in [-0.3, -0.25) is 5.10 Å². The average molecular weight is 377 g/mol. The molecule has 0 amide bonds. The molecule has 2 rings (SSSR count). The molecule has 0 radical (unpaired) electrons. The largest absolute Gasteiger partial charge is 0.490 e. The fourth-order valence-electron chi connectivity index (χ4n) is 2.10. The number of aryl methyl sites for hydroxylation is 1. The number of thioether (sulfide) groups is 1. The maximum atomic E-state index is 11.6. The molecule has 2 N–H and O–H groups in total. The quantitative estimate of drug-likeness (QED) is 0.507. The third-order valence-electron chi connectivity index (χ3n) is 3.19. The summed E-state index contributed by atoms with van der Waals surface area (Å²) in [5.74, 6) is 0.880. The minimum atomic E-state index is -1.04. The predicted molar refractivity (Wildman–Crippen MR) is 101 cm³/mol. The van der Waals surface area contributed by atoms with Gasteiger partial charge in [-0.1, -0.05) is 13.0 Å². The van der Waals surface area contributed by atoms with Crippen LogP contribution in [0.5, 0.6) is 11.5 Å². The van der Waals surface area contributed by atoms with E-state index in [4.69, 9.17) is 9.47 Å². The highest BCUT2D eigenvalue weighted by molar-refractivity contribution is 8.04. The number of carboxylic acids is 1. The lowest BCUT2D eigenvalue weighted by atomic mass is 10.2. The van der Waals surface area contributed by atoms with E-state index < -0.39 is 5.97 Å². The normalized spacial score (nSPS) is 11.7. The minimum absolute atomic E-state index is 0.0132. The maximum absolute atomic E-state index is 11.6. The first-order valence-corrected chi connectivity index (χ1v) is 9.22. The first-order chi connectivity index (χ1) is 12.4. The number of carboxylic acid groups (broad SMARTS) is 1. The van der Waals surface area contributed by atoms with Crippen molar-refractivity contribution in [1.29, 1.82) is 0 Å². The zero-order chi connectivity index (χ0) is 19.1. The Morgan fingerprint density at radius 3 is 2.69 bits per heavy atom. The fraction of sp³-hybridized carbons (Fsp3) is 0.389. The molecule has 0 aliphatic carbocycles. The van der Waals surface area contributed by atoms with Gasteiger partial charge in [0, 0.05) is 6.42 Å². The zero-order valence-electron chi connectivity index (χ0n) is 15.3. The number of carbonyl (C=O) groups is 1. The van der Waals surface area contributed by atoms with Crippen molar-refractivity contribution in [2.45, 2.75) is 45.4 Å². The summed E-state index contributed by atoms with van der Waals surface area (Å²) in [5, 5.41) is 16.7. The highest BCUT2D eigenvalue weighted by Crippen LogP contribution is 2.32. The Morgan fingerprint density at radius 1 is 1.35 bits per heavy atom. The number of benzene rings is 1. The van der Waals surface area contributed by atoms with Crippen LogP contribution in [0.25, 0.3) is 6.08 Å². The van der Waals surface area contributed by atoms with Crippen molar-refractivity contribution in [1.82, 2.24) is 15.2 Å². The van der Waals surface area contributed by atoms with Gasteiger partial charge in [0.05, 0.1) is 12.7 Å². The van der Waals surface area contributed by atoms with Crippen LogP contribution >= 0.6 is 11.8 Å². The van der Waals surface area contributed by atoms with E-state index in [9.17, 15) is 9.90 Å². The van der Waals surface area contributed by atoms with Gasteiger partial charge in [-0.25, -0.2) is 9.78 Å². The third kappa shape index (κ3) is 5.52. The summed E-state index contributed by atoms with van der Waals surface area (Å²) in [6, 6.07) is 5.34. The first-order valence-electron chi connectivity index (χ1n) is 8.40. The molecule has 140 valence electrons. The molecule has 0 spiro atoms. The van der Waals surface area contributed by atoms with Crippen molar-refractivity contribution in [3.05, 3.63) is 34.5 Å². The number of nitrogens with zero attached hydrogens (tertiary/aromatic N) is 2. The van der Waals surface area contributed by atoms with Gasteiger partial charge >= 0.3 is 5.97 Å². The SMILES string of the molecule is CCOc1cc(/C=C(\Sc2n[nH]c(CC)n2)C(=O)O)ccc1OC(C)C. The standard InChI is InChI=1S/C18H23N3O4S/c1-5-16-19-18(21-20-16)26-15(17(22)23)10-12-7-8-13(25-11(3)4)14(9-12)24-6-2/h7-11H,5-6H2,1-4H3,(H,22,23)(H,19,20,21)/b15-10-. The molecule has 0 atom stereocenters. The first kappa shape index (κ1) is 19.8. The Labute approximate surface area is 156 Å². The minimum Gasteiger partial charge on any atom is -0.490 e. The second-order valence-corrected chi connectivity index (χ2v) is 6.65. The summed E-state index contributed by atoms with van der Waals surface area (Å²) in [7, 11) is 0. The third-order valence-corrected chi connectivity index (χ3v) is 4.06. The molecule has 0 fully saturated rings. The number of H-pyrrole nitrogens is 1. The van der Waals surface area contributed by atoms with E-state index in [1.807, 2.05) is 27.7 Å².